The Kier molecular flexibility index (Phi) is 4.24. The van der Waals surface area contributed by atoms with Crippen molar-refractivity contribution in [3.63, 3.8) is 0 Å². The highest BCUT2D eigenvalue weighted by Crippen LogP contribution is 2.40. The second-order valence-corrected chi connectivity index (χ2v) is 6.68. The molecule has 0 aromatic carbocycles. The van der Waals surface area contributed by atoms with Crippen molar-refractivity contribution in [3.05, 3.63) is 23.5 Å². The third-order valence-corrected chi connectivity index (χ3v) is 5.19. The molecule has 0 saturated heterocycles. The van der Waals surface area contributed by atoms with Crippen LogP contribution in [0.4, 0.5) is 5.82 Å². The van der Waals surface area contributed by atoms with Gasteiger partial charge in [-0.05, 0) is 44.2 Å². The number of rotatable bonds is 5. The second kappa shape index (κ2) is 6.67. The van der Waals surface area contributed by atoms with Gasteiger partial charge in [0.05, 0.1) is 17.5 Å². The van der Waals surface area contributed by atoms with Gasteiger partial charge in [-0.3, -0.25) is 0 Å². The van der Waals surface area contributed by atoms with Gasteiger partial charge >= 0.3 is 0 Å². The van der Waals surface area contributed by atoms with E-state index >= 15 is 0 Å². The fourth-order valence-electron chi connectivity index (χ4n) is 3.90. The summed E-state index contributed by atoms with van der Waals surface area (Å²) in [5.74, 6) is 2.22. The maximum Gasteiger partial charge on any atom is 0.141 e. The lowest BCUT2D eigenvalue weighted by Gasteiger charge is -2.29. The van der Waals surface area contributed by atoms with E-state index in [1.54, 1.807) is 0 Å². The summed E-state index contributed by atoms with van der Waals surface area (Å²) < 4.78 is 0. The quantitative estimate of drug-likeness (QED) is 0.622. The maximum absolute atomic E-state index is 8.58. The minimum Gasteiger partial charge on any atom is -0.346 e. The summed E-state index contributed by atoms with van der Waals surface area (Å²) in [6.45, 7) is 1.84. The number of allylic oxidation sites excluding steroid dienone is 1. The van der Waals surface area contributed by atoms with Gasteiger partial charge in [-0.15, -0.1) is 5.53 Å². The Hall–Kier alpha value is -2.30. The number of H-pyrrole nitrogens is 1. The molecular formula is C17H23N7. The molecule has 0 atom stereocenters. The first-order valence-corrected chi connectivity index (χ1v) is 8.71. The Balaban J connectivity index is 1.40. The van der Waals surface area contributed by atoms with Crippen LogP contribution < -0.4 is 16.3 Å². The van der Waals surface area contributed by atoms with Gasteiger partial charge in [0.1, 0.15) is 12.2 Å². The van der Waals surface area contributed by atoms with Crippen LogP contribution >= 0.6 is 0 Å². The highest BCUT2D eigenvalue weighted by molar-refractivity contribution is 5.87. The van der Waals surface area contributed by atoms with Gasteiger partial charge in [-0.25, -0.2) is 10.0 Å². The average Bonchev–Trinajstić information content (AvgIpc) is 3.25. The number of hydrazine groups is 2. The molecule has 4 rings (SSSR count). The van der Waals surface area contributed by atoms with E-state index in [1.807, 2.05) is 17.5 Å². The molecule has 0 bridgehead atoms. The number of hydrogen-bond acceptors (Lipinski definition) is 6. The Morgan fingerprint density at radius 3 is 3.04 bits per heavy atom. The van der Waals surface area contributed by atoms with Gasteiger partial charge in [-0.2, -0.15) is 5.26 Å². The molecular weight excluding hydrogens is 302 g/mol. The second-order valence-electron chi connectivity index (χ2n) is 6.68. The molecule has 1 aliphatic carbocycles. The number of hydrogen-bond donors (Lipinski definition) is 4. The molecule has 2 aliphatic heterocycles. The number of aromatic amines is 1. The predicted octanol–water partition coefficient (Wildman–Crippen LogP) is 1.99. The minimum atomic E-state index is 0.558. The molecule has 3 aliphatic rings. The van der Waals surface area contributed by atoms with Crippen LogP contribution in [0.15, 0.2) is 23.0 Å². The number of nitriles is 1. The van der Waals surface area contributed by atoms with Gasteiger partial charge in [0.25, 0.3) is 0 Å². The molecule has 1 aromatic rings. The predicted molar refractivity (Wildman–Crippen MR) is 92.5 cm³/mol. The van der Waals surface area contributed by atoms with E-state index in [2.05, 4.69) is 38.4 Å². The van der Waals surface area contributed by atoms with Gasteiger partial charge < -0.3 is 15.7 Å². The first kappa shape index (κ1) is 15.2. The molecule has 126 valence electrons. The topological polar surface area (TPSA) is 91.3 Å². The zero-order chi connectivity index (χ0) is 16.4. The summed E-state index contributed by atoms with van der Waals surface area (Å²) in [6.07, 6.45) is 9.22. The van der Waals surface area contributed by atoms with E-state index in [-0.39, 0.29) is 0 Å². The third kappa shape index (κ3) is 2.79. The van der Waals surface area contributed by atoms with Gasteiger partial charge in [0.15, 0.2) is 0 Å². The van der Waals surface area contributed by atoms with E-state index in [0.29, 0.717) is 12.3 Å². The van der Waals surface area contributed by atoms with Crippen molar-refractivity contribution in [2.24, 2.45) is 16.8 Å². The first-order valence-electron chi connectivity index (χ1n) is 8.71. The van der Waals surface area contributed by atoms with Gasteiger partial charge in [0.2, 0.25) is 0 Å². The first-order chi connectivity index (χ1) is 11.9. The molecule has 0 spiro atoms. The average molecular weight is 325 g/mol. The van der Waals surface area contributed by atoms with Crippen LogP contribution in [-0.4, -0.2) is 29.4 Å². The maximum atomic E-state index is 8.58. The van der Waals surface area contributed by atoms with Crippen LogP contribution in [0.25, 0.3) is 5.70 Å². The summed E-state index contributed by atoms with van der Waals surface area (Å²) in [7, 11) is 0. The van der Waals surface area contributed by atoms with Crippen molar-refractivity contribution in [2.75, 3.05) is 13.1 Å². The molecule has 0 amide bonds. The molecule has 1 aromatic heterocycles. The monoisotopic (exact) mass is 325 g/mol. The zero-order valence-corrected chi connectivity index (χ0v) is 13.7. The number of nitrogens with zero attached hydrogens (tertiary/aromatic N) is 3. The molecule has 1 saturated carbocycles. The van der Waals surface area contributed by atoms with Crippen molar-refractivity contribution in [1.29, 1.82) is 5.26 Å². The number of fused-ring (bicyclic) bond motifs is 3. The molecule has 1 fully saturated rings. The normalized spacial score (nSPS) is 25.2. The lowest BCUT2D eigenvalue weighted by molar-refractivity contribution is 0.283. The van der Waals surface area contributed by atoms with E-state index < -0.39 is 0 Å². The third-order valence-electron chi connectivity index (χ3n) is 5.19. The molecule has 0 unspecified atom stereocenters. The Labute approximate surface area is 141 Å². The fourth-order valence-corrected chi connectivity index (χ4v) is 3.90. The minimum absolute atomic E-state index is 0.558. The Bertz CT molecular complexity index is 688. The summed E-state index contributed by atoms with van der Waals surface area (Å²) >= 11 is 0. The SMILES string of the molecule is N#CCCNC[C@H]1CC[C@H](C2=C3c4cc[nH]c4N=CN3NN2)CC1. The standard InChI is InChI=1S/C17H23N7/c18-7-1-8-19-10-12-2-4-13(5-3-12)15-16-14-6-9-20-17(14)21-11-24(16)23-22-15/h6,9,11-13,19-20,22-23H,1-5,8,10H2/t12-,13-. The van der Waals surface area contributed by atoms with E-state index in [0.717, 1.165) is 30.4 Å². The summed E-state index contributed by atoms with van der Waals surface area (Å²) in [5, 5.41) is 14.0. The smallest absolute Gasteiger partial charge is 0.141 e. The summed E-state index contributed by atoms with van der Waals surface area (Å²) in [4.78, 5) is 7.60. The van der Waals surface area contributed by atoms with Crippen LogP contribution in [0, 0.1) is 23.2 Å². The molecule has 4 N–H and O–H groups in total. The van der Waals surface area contributed by atoms with Crippen molar-refractivity contribution in [1.82, 2.24) is 26.3 Å². The highest BCUT2D eigenvalue weighted by Gasteiger charge is 2.33. The fraction of sp³-hybridized carbons (Fsp3) is 0.529. The van der Waals surface area contributed by atoms with Crippen LogP contribution in [0.5, 0.6) is 0 Å². The van der Waals surface area contributed by atoms with Crippen molar-refractivity contribution < 1.29 is 0 Å². The lowest BCUT2D eigenvalue weighted by atomic mass is 9.79. The molecule has 0 radical (unpaired) electrons. The molecule has 24 heavy (non-hydrogen) atoms. The Morgan fingerprint density at radius 1 is 1.33 bits per heavy atom. The van der Waals surface area contributed by atoms with Gasteiger partial charge in [-0.1, -0.05) is 0 Å². The Morgan fingerprint density at radius 2 is 2.21 bits per heavy atom. The summed E-state index contributed by atoms with van der Waals surface area (Å²) in [6, 6.07) is 4.27. The number of aromatic nitrogens is 1. The van der Waals surface area contributed by atoms with E-state index in [4.69, 9.17) is 5.26 Å². The van der Waals surface area contributed by atoms with Crippen molar-refractivity contribution in [2.45, 2.75) is 32.1 Å². The van der Waals surface area contributed by atoms with E-state index in [1.165, 1.54) is 37.1 Å². The highest BCUT2D eigenvalue weighted by atomic mass is 15.7. The van der Waals surface area contributed by atoms with Crippen LogP contribution in [0.2, 0.25) is 0 Å². The van der Waals surface area contributed by atoms with Crippen LogP contribution in [-0.2, 0) is 0 Å². The van der Waals surface area contributed by atoms with Crippen molar-refractivity contribution in [3.8, 4) is 6.07 Å². The van der Waals surface area contributed by atoms with Gasteiger partial charge in [0, 0.05) is 30.6 Å². The largest absolute Gasteiger partial charge is 0.346 e. The molecule has 7 heteroatoms. The van der Waals surface area contributed by atoms with E-state index in [9.17, 15) is 0 Å². The lowest BCUT2D eigenvalue weighted by Crippen LogP contribution is -2.38. The number of nitrogens with one attached hydrogen (secondary N) is 4. The zero-order valence-electron chi connectivity index (χ0n) is 13.7. The summed E-state index contributed by atoms with van der Waals surface area (Å²) in [5.41, 5.74) is 10.2. The van der Waals surface area contributed by atoms with Crippen LogP contribution in [0.3, 0.4) is 0 Å². The molecule has 3 heterocycles. The van der Waals surface area contributed by atoms with Crippen molar-refractivity contribution >= 4 is 17.9 Å². The van der Waals surface area contributed by atoms with Crippen LogP contribution in [0.1, 0.15) is 37.7 Å². The molecule has 7 nitrogen and oxygen atoms in total. The number of aliphatic imine (C=N–C) groups is 1.